The van der Waals surface area contributed by atoms with E-state index in [1.165, 1.54) is 13.5 Å². The number of anilines is 1. The zero-order valence-corrected chi connectivity index (χ0v) is 18.7. The minimum absolute atomic E-state index is 0.190. The van der Waals surface area contributed by atoms with Gasteiger partial charge in [0, 0.05) is 12.1 Å². The van der Waals surface area contributed by atoms with Crippen LogP contribution in [0.2, 0.25) is 0 Å². The molecule has 8 heteroatoms. The molecule has 5 N–H and O–H groups in total. The van der Waals surface area contributed by atoms with Crippen LogP contribution in [-0.4, -0.2) is 28.7 Å². The SMILES string of the molecule is COc1ccccc1C(=O)NCc1ccc(-c2nn(C3CCCCC3)c(N)c2C(N)=O)cc1. The van der Waals surface area contributed by atoms with E-state index in [9.17, 15) is 9.59 Å². The van der Waals surface area contributed by atoms with Crippen molar-refractivity contribution in [2.75, 3.05) is 12.8 Å². The van der Waals surface area contributed by atoms with E-state index in [2.05, 4.69) is 5.32 Å². The monoisotopic (exact) mass is 447 g/mol. The molecule has 1 aliphatic carbocycles. The number of methoxy groups -OCH3 is 1. The fraction of sp³-hybridized carbons (Fsp3) is 0.320. The fourth-order valence-corrected chi connectivity index (χ4v) is 4.39. The second-order valence-electron chi connectivity index (χ2n) is 8.29. The van der Waals surface area contributed by atoms with E-state index in [0.29, 0.717) is 29.4 Å². The van der Waals surface area contributed by atoms with Gasteiger partial charge in [-0.3, -0.25) is 9.59 Å². The second-order valence-corrected chi connectivity index (χ2v) is 8.29. The summed E-state index contributed by atoms with van der Waals surface area (Å²) in [6.07, 6.45) is 5.45. The van der Waals surface area contributed by atoms with E-state index in [4.69, 9.17) is 21.3 Å². The highest BCUT2D eigenvalue weighted by molar-refractivity contribution is 6.03. The molecule has 1 heterocycles. The summed E-state index contributed by atoms with van der Waals surface area (Å²) in [6.45, 7) is 0.346. The van der Waals surface area contributed by atoms with Crippen LogP contribution in [0.3, 0.4) is 0 Å². The Morgan fingerprint density at radius 3 is 2.45 bits per heavy atom. The first kappa shape index (κ1) is 22.4. The molecule has 0 unspecified atom stereocenters. The van der Waals surface area contributed by atoms with Gasteiger partial charge >= 0.3 is 0 Å². The number of carbonyl (C=O) groups is 2. The normalized spacial score (nSPS) is 14.1. The lowest BCUT2D eigenvalue weighted by molar-refractivity contribution is 0.0946. The van der Waals surface area contributed by atoms with Gasteiger partial charge in [0.25, 0.3) is 11.8 Å². The standard InChI is InChI=1S/C25H29N5O3/c1-33-20-10-6-5-9-19(20)25(32)28-15-16-11-13-17(14-12-16)22-21(24(27)31)23(26)30(29-22)18-7-3-2-4-8-18/h5-6,9-14,18H,2-4,7-8,15,26H2,1H3,(H2,27,31)(H,28,32). The first-order chi connectivity index (χ1) is 16.0. The highest BCUT2D eigenvalue weighted by Crippen LogP contribution is 2.34. The molecule has 0 atom stereocenters. The van der Waals surface area contributed by atoms with Gasteiger partial charge in [-0.2, -0.15) is 5.10 Å². The molecule has 2 aromatic carbocycles. The van der Waals surface area contributed by atoms with Gasteiger partial charge in [-0.15, -0.1) is 0 Å². The minimum Gasteiger partial charge on any atom is -0.496 e. The van der Waals surface area contributed by atoms with E-state index in [1.54, 1.807) is 22.9 Å². The average Bonchev–Trinajstić information content (AvgIpc) is 3.20. The summed E-state index contributed by atoms with van der Waals surface area (Å²) in [5.41, 5.74) is 14.9. The Balaban J connectivity index is 1.52. The Bertz CT molecular complexity index is 1150. The maximum Gasteiger partial charge on any atom is 0.255 e. The smallest absolute Gasteiger partial charge is 0.255 e. The van der Waals surface area contributed by atoms with Crippen LogP contribution < -0.4 is 21.5 Å². The van der Waals surface area contributed by atoms with Crippen molar-refractivity contribution < 1.29 is 14.3 Å². The lowest BCUT2D eigenvalue weighted by Gasteiger charge is -2.22. The number of para-hydroxylation sites is 1. The third-order valence-electron chi connectivity index (χ3n) is 6.15. The summed E-state index contributed by atoms with van der Waals surface area (Å²) in [5, 5.41) is 7.60. The van der Waals surface area contributed by atoms with E-state index in [0.717, 1.165) is 36.8 Å². The molecule has 4 rings (SSSR count). The van der Waals surface area contributed by atoms with Crippen molar-refractivity contribution in [2.24, 2.45) is 5.73 Å². The van der Waals surface area contributed by atoms with Gasteiger partial charge in [-0.1, -0.05) is 55.7 Å². The molecule has 1 saturated carbocycles. The lowest BCUT2D eigenvalue weighted by Crippen LogP contribution is -2.23. The number of amides is 2. The number of nitrogens with zero attached hydrogens (tertiary/aromatic N) is 2. The molecule has 0 spiro atoms. The molecule has 2 amide bonds. The average molecular weight is 448 g/mol. The number of nitrogen functional groups attached to an aromatic ring is 1. The van der Waals surface area contributed by atoms with E-state index in [-0.39, 0.29) is 17.5 Å². The Hall–Kier alpha value is -3.81. The molecule has 0 bridgehead atoms. The summed E-state index contributed by atoms with van der Waals surface area (Å²) < 4.78 is 7.03. The lowest BCUT2D eigenvalue weighted by atomic mass is 9.95. The highest BCUT2D eigenvalue weighted by atomic mass is 16.5. The van der Waals surface area contributed by atoms with Gasteiger partial charge in [-0.25, -0.2) is 4.68 Å². The minimum atomic E-state index is -0.585. The molecule has 3 aromatic rings. The topological polar surface area (TPSA) is 125 Å². The number of nitrogens with one attached hydrogen (secondary N) is 1. The number of hydrogen-bond acceptors (Lipinski definition) is 5. The van der Waals surface area contributed by atoms with Crippen LogP contribution in [0.1, 0.15) is 64.4 Å². The predicted octanol–water partition coefficient (Wildman–Crippen LogP) is 3.68. The Morgan fingerprint density at radius 2 is 1.79 bits per heavy atom. The molecule has 0 saturated heterocycles. The van der Waals surface area contributed by atoms with Crippen molar-refractivity contribution in [1.82, 2.24) is 15.1 Å². The van der Waals surface area contributed by atoms with Crippen molar-refractivity contribution in [1.29, 1.82) is 0 Å². The third kappa shape index (κ3) is 4.69. The Labute approximate surface area is 192 Å². The number of hydrogen-bond donors (Lipinski definition) is 3. The van der Waals surface area contributed by atoms with Crippen molar-refractivity contribution in [3.63, 3.8) is 0 Å². The zero-order valence-electron chi connectivity index (χ0n) is 18.7. The third-order valence-corrected chi connectivity index (χ3v) is 6.15. The number of aromatic nitrogens is 2. The highest BCUT2D eigenvalue weighted by Gasteiger charge is 2.26. The predicted molar refractivity (Wildman–Crippen MR) is 127 cm³/mol. The van der Waals surface area contributed by atoms with Gasteiger partial charge in [0.05, 0.1) is 18.7 Å². The number of primary amides is 1. The van der Waals surface area contributed by atoms with Crippen molar-refractivity contribution in [3.05, 3.63) is 65.2 Å². The van der Waals surface area contributed by atoms with Crippen LogP contribution in [0, 0.1) is 0 Å². The van der Waals surface area contributed by atoms with Crippen molar-refractivity contribution >= 4 is 17.6 Å². The van der Waals surface area contributed by atoms with Gasteiger partial charge in [0.2, 0.25) is 0 Å². The molecule has 1 aliphatic rings. The number of nitrogens with two attached hydrogens (primary N) is 2. The molecule has 33 heavy (non-hydrogen) atoms. The molecular formula is C25H29N5O3. The maximum absolute atomic E-state index is 12.5. The molecule has 0 radical (unpaired) electrons. The van der Waals surface area contributed by atoms with Crippen molar-refractivity contribution in [3.8, 4) is 17.0 Å². The van der Waals surface area contributed by atoms with Gasteiger partial charge in [-0.05, 0) is 30.5 Å². The summed E-state index contributed by atoms with van der Waals surface area (Å²) >= 11 is 0. The number of carbonyl (C=O) groups excluding carboxylic acids is 2. The van der Waals surface area contributed by atoms with Crippen LogP contribution in [0.25, 0.3) is 11.3 Å². The van der Waals surface area contributed by atoms with Crippen LogP contribution in [-0.2, 0) is 6.54 Å². The molecular weight excluding hydrogens is 418 g/mol. The first-order valence-electron chi connectivity index (χ1n) is 11.2. The van der Waals surface area contributed by atoms with E-state index in [1.807, 2.05) is 30.3 Å². The number of benzene rings is 2. The quantitative estimate of drug-likeness (QED) is 0.509. The Kier molecular flexibility index (Phi) is 6.63. The van der Waals surface area contributed by atoms with Gasteiger partial charge in [0.15, 0.2) is 0 Å². The largest absolute Gasteiger partial charge is 0.496 e. The molecule has 1 fully saturated rings. The summed E-state index contributed by atoms with van der Waals surface area (Å²) in [6, 6.07) is 14.8. The molecule has 8 nitrogen and oxygen atoms in total. The van der Waals surface area contributed by atoms with Gasteiger partial charge < -0.3 is 21.5 Å². The number of ether oxygens (including phenoxy) is 1. The molecule has 172 valence electrons. The van der Waals surface area contributed by atoms with Crippen molar-refractivity contribution in [2.45, 2.75) is 44.7 Å². The second kappa shape index (κ2) is 9.77. The zero-order chi connectivity index (χ0) is 23.4. The summed E-state index contributed by atoms with van der Waals surface area (Å²) in [7, 11) is 1.54. The van der Waals surface area contributed by atoms with Crippen LogP contribution in [0.4, 0.5) is 5.82 Å². The Morgan fingerprint density at radius 1 is 1.09 bits per heavy atom. The molecule has 0 aliphatic heterocycles. The summed E-state index contributed by atoms with van der Waals surface area (Å²) in [5.74, 6) is 0.0530. The number of rotatable bonds is 7. The van der Waals surface area contributed by atoms with E-state index < -0.39 is 5.91 Å². The van der Waals surface area contributed by atoms with E-state index >= 15 is 0 Å². The molecule has 1 aromatic heterocycles. The van der Waals surface area contributed by atoms with Crippen LogP contribution >= 0.6 is 0 Å². The van der Waals surface area contributed by atoms with Crippen LogP contribution in [0.15, 0.2) is 48.5 Å². The first-order valence-corrected chi connectivity index (χ1v) is 11.2. The fourth-order valence-electron chi connectivity index (χ4n) is 4.39. The van der Waals surface area contributed by atoms with Crippen LogP contribution in [0.5, 0.6) is 5.75 Å². The maximum atomic E-state index is 12.5. The van der Waals surface area contributed by atoms with Gasteiger partial charge in [0.1, 0.15) is 22.8 Å². The summed E-state index contributed by atoms with van der Waals surface area (Å²) in [4.78, 5) is 24.7.